The van der Waals surface area contributed by atoms with Crippen molar-refractivity contribution in [2.24, 2.45) is 0 Å². The van der Waals surface area contributed by atoms with E-state index in [-0.39, 0.29) is 18.0 Å². The number of carbonyl (C=O) groups is 2. The van der Waals surface area contributed by atoms with Crippen LogP contribution >= 0.6 is 42.8 Å². The van der Waals surface area contributed by atoms with E-state index in [1.165, 1.54) is 12.2 Å². The normalized spacial score (nSPS) is 22.2. The third-order valence-electron chi connectivity index (χ3n) is 7.46. The molecule has 2 N–H and O–H groups in total. The zero-order valence-electron chi connectivity index (χ0n) is 24.3. The van der Waals surface area contributed by atoms with Crippen molar-refractivity contribution < 1.29 is 34.8 Å². The van der Waals surface area contributed by atoms with Gasteiger partial charge in [-0.05, 0) is 55.3 Å². The maximum absolute atomic E-state index is 12.4. The van der Waals surface area contributed by atoms with Crippen LogP contribution in [0.15, 0.2) is 83.4 Å². The molecule has 250 valence electrons. The molecule has 2 amide bonds. The third kappa shape index (κ3) is 9.32. The van der Waals surface area contributed by atoms with Crippen molar-refractivity contribution in [3.8, 4) is 0 Å². The van der Waals surface area contributed by atoms with Crippen LogP contribution in [0.2, 0.25) is 10.0 Å². The second kappa shape index (κ2) is 12.9. The fourth-order valence-electron chi connectivity index (χ4n) is 5.69. The molecule has 0 aromatic heterocycles. The molecular formula is C30H31Cl2F6N4O2PS. The summed E-state index contributed by atoms with van der Waals surface area (Å²) in [6.45, 7) is 9.40. The van der Waals surface area contributed by atoms with Crippen LogP contribution in [0.4, 0.5) is 36.6 Å². The summed E-state index contributed by atoms with van der Waals surface area (Å²) in [5.74, 6) is -0.334. The summed E-state index contributed by atoms with van der Waals surface area (Å²) in [6, 6.07) is 12.0. The number of halogens is 8. The van der Waals surface area contributed by atoms with Crippen LogP contribution in [0.25, 0.3) is 6.08 Å². The number of benzene rings is 2. The summed E-state index contributed by atoms with van der Waals surface area (Å²) < 4.78 is 59.7. The van der Waals surface area contributed by atoms with Gasteiger partial charge in [0, 0.05) is 64.7 Å². The molecule has 1 fully saturated rings. The van der Waals surface area contributed by atoms with Crippen molar-refractivity contribution in [1.29, 1.82) is 0 Å². The Morgan fingerprint density at radius 2 is 1.65 bits per heavy atom. The van der Waals surface area contributed by atoms with Crippen LogP contribution in [0.5, 0.6) is 0 Å². The first kappa shape index (κ1) is 35.9. The number of allylic oxidation sites excluding steroid dienone is 1. The summed E-state index contributed by atoms with van der Waals surface area (Å²) >= 11 is 14.6. The van der Waals surface area contributed by atoms with Crippen LogP contribution in [0, 0.1) is 0 Å². The predicted octanol–water partition coefficient (Wildman–Crippen LogP) is 10.00. The van der Waals surface area contributed by atoms with Crippen LogP contribution in [0.3, 0.4) is 0 Å². The van der Waals surface area contributed by atoms with Crippen molar-refractivity contribution in [2.75, 3.05) is 24.5 Å². The SMILES string of the molecule is C=CC(=O)NCCCCN1C(=CC2=Cc3ccc(Cl)cc3[N+]23CCCC3NC(=O)C=C)Sc2ccc(Cl)cc21.F[P-](F)(F)(F)(F)F. The molecule has 0 saturated carbocycles. The van der Waals surface area contributed by atoms with E-state index in [1.54, 1.807) is 11.8 Å². The summed E-state index contributed by atoms with van der Waals surface area (Å²) in [5.41, 5.74) is 4.41. The summed E-state index contributed by atoms with van der Waals surface area (Å²) in [4.78, 5) is 27.4. The van der Waals surface area contributed by atoms with Crippen molar-refractivity contribution >= 4 is 72.0 Å². The van der Waals surface area contributed by atoms with Gasteiger partial charge in [-0.1, -0.05) is 48.1 Å². The Morgan fingerprint density at radius 1 is 1.00 bits per heavy atom. The maximum atomic E-state index is 12.4. The van der Waals surface area contributed by atoms with E-state index in [4.69, 9.17) is 23.2 Å². The quantitative estimate of drug-likeness (QED) is 0.0888. The molecule has 0 bridgehead atoms. The van der Waals surface area contributed by atoms with Gasteiger partial charge in [0.25, 0.3) is 0 Å². The molecule has 2 aromatic carbocycles. The first-order chi connectivity index (χ1) is 21.3. The molecule has 16 heteroatoms. The molecule has 2 aromatic rings. The number of nitrogens with one attached hydrogen (secondary N) is 2. The number of unbranched alkanes of at least 4 members (excludes halogenated alkanes) is 1. The molecular weight excluding hydrogens is 696 g/mol. The van der Waals surface area contributed by atoms with Gasteiger partial charge >= 0.3 is 33.0 Å². The zero-order valence-corrected chi connectivity index (χ0v) is 27.5. The Bertz CT molecular complexity index is 1630. The van der Waals surface area contributed by atoms with Gasteiger partial charge in [-0.2, -0.15) is 0 Å². The number of amides is 2. The average molecular weight is 728 g/mol. The van der Waals surface area contributed by atoms with E-state index in [2.05, 4.69) is 53.0 Å². The molecule has 2 atom stereocenters. The molecule has 1 saturated heterocycles. The van der Waals surface area contributed by atoms with Crippen molar-refractivity contribution in [2.45, 2.75) is 36.7 Å². The molecule has 5 rings (SSSR count). The molecule has 2 unspecified atom stereocenters. The standard InChI is InChI=1S/C30H30Cl2N4O2S.F6P/c1-3-28(37)33-13-5-6-14-35-24-17-21(31)11-12-26(24)39-30(35)19-23-16-20-9-10-22(32)18-25(20)36(23)15-7-8-27(36)34-29(38)4-2;1-7(2,3,4,5)6/h3-4,9-12,16-19,27H,1-2,5-8,13-15H2,(H-,33,34,37,38);/q;-1/p+1. The van der Waals surface area contributed by atoms with Gasteiger partial charge in [-0.25, -0.2) is 4.48 Å². The van der Waals surface area contributed by atoms with E-state index < -0.39 is 7.81 Å². The van der Waals surface area contributed by atoms with Crippen molar-refractivity contribution in [3.05, 3.63) is 94.1 Å². The van der Waals surface area contributed by atoms with E-state index in [9.17, 15) is 34.8 Å². The Morgan fingerprint density at radius 3 is 2.33 bits per heavy atom. The number of hydrogen-bond acceptors (Lipinski definition) is 4. The Kier molecular flexibility index (Phi) is 10.1. The molecule has 1 spiro atoms. The molecule has 0 radical (unpaired) electrons. The van der Waals surface area contributed by atoms with Crippen molar-refractivity contribution in [3.63, 3.8) is 0 Å². The first-order valence-electron chi connectivity index (χ1n) is 14.1. The zero-order chi connectivity index (χ0) is 34.0. The fraction of sp³-hybridized carbons (Fsp3) is 0.267. The summed E-state index contributed by atoms with van der Waals surface area (Å²) in [7, 11) is -10.7. The van der Waals surface area contributed by atoms with E-state index in [1.807, 2.05) is 24.3 Å². The van der Waals surface area contributed by atoms with Gasteiger partial charge in [-0.15, -0.1) is 0 Å². The van der Waals surface area contributed by atoms with Gasteiger partial charge in [0.05, 0.1) is 17.3 Å². The van der Waals surface area contributed by atoms with E-state index >= 15 is 0 Å². The molecule has 3 heterocycles. The van der Waals surface area contributed by atoms with Crippen LogP contribution < -0.4 is 20.0 Å². The summed E-state index contributed by atoms with van der Waals surface area (Å²) in [5, 5.41) is 8.52. The second-order valence-electron chi connectivity index (χ2n) is 10.7. The molecule has 6 nitrogen and oxygen atoms in total. The minimum absolute atomic E-state index is 0.122. The number of thioether (sulfide) groups is 1. The topological polar surface area (TPSA) is 61.4 Å². The van der Waals surface area contributed by atoms with Crippen molar-refractivity contribution in [1.82, 2.24) is 15.1 Å². The van der Waals surface area contributed by atoms with E-state index in [0.29, 0.717) is 21.1 Å². The number of rotatable bonds is 9. The Labute approximate surface area is 276 Å². The number of quaternary nitrogens is 1. The second-order valence-corrected chi connectivity index (χ2v) is 14.6. The van der Waals surface area contributed by atoms with Gasteiger partial charge in [0.2, 0.25) is 11.8 Å². The number of nitrogens with zero attached hydrogens (tertiary/aromatic N) is 2. The minimum atomic E-state index is -10.7. The molecule has 3 aliphatic rings. The molecule has 0 aliphatic carbocycles. The third-order valence-corrected chi connectivity index (χ3v) is 9.04. The predicted molar refractivity (Wildman–Crippen MR) is 176 cm³/mol. The van der Waals surface area contributed by atoms with Gasteiger partial charge in [0.15, 0.2) is 6.17 Å². The van der Waals surface area contributed by atoms with Crippen LogP contribution in [0.1, 0.15) is 31.2 Å². The van der Waals surface area contributed by atoms with Gasteiger partial charge in [-0.3, -0.25) is 9.59 Å². The number of carbonyl (C=O) groups excluding carboxylic acids is 2. The van der Waals surface area contributed by atoms with Crippen LogP contribution in [-0.4, -0.2) is 37.6 Å². The molecule has 3 aliphatic heterocycles. The number of hydrogen-bond donors (Lipinski definition) is 2. The van der Waals surface area contributed by atoms with E-state index in [0.717, 1.165) is 71.3 Å². The Balaban J connectivity index is 0.000000617. The monoisotopic (exact) mass is 726 g/mol. The van der Waals surface area contributed by atoms with Gasteiger partial charge in [0.1, 0.15) is 11.4 Å². The number of anilines is 1. The first-order valence-corrected chi connectivity index (χ1v) is 17.7. The average Bonchev–Trinajstić information content (AvgIpc) is 3.61. The van der Waals surface area contributed by atoms with Gasteiger partial charge < -0.3 is 15.5 Å². The fourth-order valence-corrected chi connectivity index (χ4v) is 7.13. The Hall–Kier alpha value is -2.96. The summed E-state index contributed by atoms with van der Waals surface area (Å²) in [6.07, 6.45) is 10.5. The number of fused-ring (bicyclic) bond motifs is 3. The molecule has 46 heavy (non-hydrogen) atoms. The van der Waals surface area contributed by atoms with Crippen LogP contribution in [-0.2, 0) is 9.59 Å².